The van der Waals surface area contributed by atoms with E-state index < -0.39 is 0 Å². The maximum atomic E-state index is 6.42. The monoisotopic (exact) mass is 313 g/mol. The van der Waals surface area contributed by atoms with Gasteiger partial charge in [0.2, 0.25) is 0 Å². The maximum Gasteiger partial charge on any atom is 0.0916 e. The highest BCUT2D eigenvalue weighted by Gasteiger charge is 2.20. The van der Waals surface area contributed by atoms with Crippen molar-refractivity contribution in [1.29, 1.82) is 0 Å². The van der Waals surface area contributed by atoms with Gasteiger partial charge in [-0.3, -0.25) is 4.68 Å². The van der Waals surface area contributed by atoms with E-state index in [4.69, 9.17) is 11.6 Å². The third-order valence-corrected chi connectivity index (χ3v) is 4.20. The van der Waals surface area contributed by atoms with Crippen LogP contribution in [0.3, 0.4) is 0 Å². The van der Waals surface area contributed by atoms with Gasteiger partial charge < -0.3 is 5.32 Å². The molecule has 1 atom stereocenters. The molecule has 5 nitrogen and oxygen atoms in total. The molecule has 110 valence electrons. The molecule has 0 radical (unpaired) electrons. The van der Waals surface area contributed by atoms with Crippen LogP contribution >= 0.6 is 23.3 Å². The van der Waals surface area contributed by atoms with E-state index in [1.807, 2.05) is 17.9 Å². The minimum absolute atomic E-state index is 0.131. The van der Waals surface area contributed by atoms with Crippen molar-refractivity contribution >= 4 is 23.3 Å². The van der Waals surface area contributed by atoms with E-state index in [0.717, 1.165) is 47.9 Å². The van der Waals surface area contributed by atoms with E-state index >= 15 is 0 Å². The number of rotatable bonds is 7. The highest BCUT2D eigenvalue weighted by molar-refractivity contribution is 6.99. The highest BCUT2D eigenvalue weighted by Crippen LogP contribution is 2.25. The molecule has 0 amide bonds. The molecule has 1 N–H and O–H groups in total. The molecule has 0 aliphatic heterocycles. The molecule has 0 aliphatic carbocycles. The standard InChI is InChI=1S/C13H20ClN5S/c1-4-6-15-10(11-8-16-20-18-11)7-12-13(14)9(5-2)17-19(12)3/h8,10,15H,4-7H2,1-3H3. The number of halogens is 1. The number of aromatic nitrogens is 4. The third-order valence-electron chi connectivity index (χ3n) is 3.28. The van der Waals surface area contributed by atoms with E-state index in [2.05, 4.69) is 33.0 Å². The van der Waals surface area contributed by atoms with Crippen molar-refractivity contribution in [1.82, 2.24) is 23.8 Å². The van der Waals surface area contributed by atoms with Crippen LogP contribution in [0, 0.1) is 0 Å². The van der Waals surface area contributed by atoms with Crippen LogP contribution in [-0.2, 0) is 19.9 Å². The van der Waals surface area contributed by atoms with Crippen molar-refractivity contribution in [2.75, 3.05) is 6.54 Å². The zero-order valence-electron chi connectivity index (χ0n) is 12.1. The van der Waals surface area contributed by atoms with Crippen LogP contribution in [0.2, 0.25) is 5.02 Å². The van der Waals surface area contributed by atoms with Gasteiger partial charge >= 0.3 is 0 Å². The van der Waals surface area contributed by atoms with Gasteiger partial charge in [-0.25, -0.2) is 0 Å². The lowest BCUT2D eigenvalue weighted by molar-refractivity contribution is 0.504. The first kappa shape index (κ1) is 15.4. The summed E-state index contributed by atoms with van der Waals surface area (Å²) in [4.78, 5) is 0. The smallest absolute Gasteiger partial charge is 0.0916 e. The van der Waals surface area contributed by atoms with Crippen molar-refractivity contribution in [2.45, 2.75) is 39.2 Å². The Morgan fingerprint density at radius 1 is 1.45 bits per heavy atom. The predicted octanol–water partition coefficient (Wildman–Crippen LogP) is 2.77. The Hall–Kier alpha value is -0.980. The van der Waals surface area contributed by atoms with Crippen molar-refractivity contribution in [3.63, 3.8) is 0 Å². The topological polar surface area (TPSA) is 55.6 Å². The molecule has 0 saturated heterocycles. The average Bonchev–Trinajstić information content (AvgIpc) is 3.05. The fraction of sp³-hybridized carbons (Fsp3) is 0.615. The zero-order valence-corrected chi connectivity index (χ0v) is 13.6. The van der Waals surface area contributed by atoms with Gasteiger partial charge in [-0.2, -0.15) is 13.8 Å². The summed E-state index contributed by atoms with van der Waals surface area (Å²) < 4.78 is 10.3. The second-order valence-electron chi connectivity index (χ2n) is 4.73. The van der Waals surface area contributed by atoms with Crippen LogP contribution in [-0.4, -0.2) is 25.1 Å². The van der Waals surface area contributed by atoms with Crippen molar-refractivity contribution in [3.8, 4) is 0 Å². The Labute approximate surface area is 128 Å². The summed E-state index contributed by atoms with van der Waals surface area (Å²) in [6.07, 6.45) is 4.52. The minimum Gasteiger partial charge on any atom is -0.308 e. The first-order valence-corrected chi connectivity index (χ1v) is 7.99. The van der Waals surface area contributed by atoms with Crippen molar-refractivity contribution in [3.05, 3.63) is 28.3 Å². The summed E-state index contributed by atoms with van der Waals surface area (Å²) in [5.74, 6) is 0. The van der Waals surface area contributed by atoms with E-state index in [-0.39, 0.29) is 6.04 Å². The Bertz CT molecular complexity index is 537. The fourth-order valence-electron chi connectivity index (χ4n) is 2.16. The first-order chi connectivity index (χ1) is 9.67. The number of nitrogens with zero attached hydrogens (tertiary/aromatic N) is 4. The molecule has 0 fully saturated rings. The fourth-order valence-corrected chi connectivity index (χ4v) is 3.00. The van der Waals surface area contributed by atoms with E-state index in [1.54, 1.807) is 0 Å². The summed E-state index contributed by atoms with van der Waals surface area (Å²) in [6, 6.07) is 0.131. The second kappa shape index (κ2) is 7.15. The van der Waals surface area contributed by atoms with Crippen LogP contribution in [0.25, 0.3) is 0 Å². The highest BCUT2D eigenvalue weighted by atomic mass is 35.5. The lowest BCUT2D eigenvalue weighted by atomic mass is 10.1. The van der Waals surface area contributed by atoms with Crippen LogP contribution in [0.15, 0.2) is 6.20 Å². The van der Waals surface area contributed by atoms with E-state index in [9.17, 15) is 0 Å². The molecular weight excluding hydrogens is 294 g/mol. The predicted molar refractivity (Wildman–Crippen MR) is 82.2 cm³/mol. The van der Waals surface area contributed by atoms with Gasteiger partial charge in [0.15, 0.2) is 0 Å². The molecule has 2 aromatic rings. The van der Waals surface area contributed by atoms with Gasteiger partial charge in [-0.1, -0.05) is 25.4 Å². The van der Waals surface area contributed by atoms with Crippen LogP contribution in [0.1, 0.15) is 43.4 Å². The number of nitrogens with one attached hydrogen (secondary N) is 1. The molecule has 7 heteroatoms. The number of hydrogen-bond donors (Lipinski definition) is 1. The molecule has 2 heterocycles. The van der Waals surface area contributed by atoms with Gasteiger partial charge in [0.05, 0.1) is 46.1 Å². The summed E-state index contributed by atoms with van der Waals surface area (Å²) >= 11 is 7.66. The largest absolute Gasteiger partial charge is 0.308 e. The Morgan fingerprint density at radius 2 is 2.25 bits per heavy atom. The van der Waals surface area contributed by atoms with Gasteiger partial charge in [-0.05, 0) is 19.4 Å². The molecule has 0 spiro atoms. The van der Waals surface area contributed by atoms with Gasteiger partial charge in [-0.15, -0.1) is 0 Å². The van der Waals surface area contributed by atoms with Gasteiger partial charge in [0.25, 0.3) is 0 Å². The summed E-state index contributed by atoms with van der Waals surface area (Å²) in [5.41, 5.74) is 2.97. The van der Waals surface area contributed by atoms with E-state index in [1.165, 1.54) is 11.7 Å². The molecule has 20 heavy (non-hydrogen) atoms. The SMILES string of the molecule is CCCNC(Cc1c(Cl)c(CC)nn1C)c1cnsn1. The Balaban J connectivity index is 2.21. The van der Waals surface area contributed by atoms with E-state index in [0.29, 0.717) is 0 Å². The van der Waals surface area contributed by atoms with Crippen LogP contribution < -0.4 is 5.32 Å². The summed E-state index contributed by atoms with van der Waals surface area (Å²) in [6.45, 7) is 5.16. The van der Waals surface area contributed by atoms with Crippen molar-refractivity contribution in [2.24, 2.45) is 7.05 Å². The summed E-state index contributed by atoms with van der Waals surface area (Å²) in [5, 5.41) is 8.75. The summed E-state index contributed by atoms with van der Waals surface area (Å²) in [7, 11) is 1.94. The van der Waals surface area contributed by atoms with Gasteiger partial charge in [0.1, 0.15) is 0 Å². The molecule has 2 rings (SSSR count). The molecule has 1 unspecified atom stereocenters. The number of aryl methyl sites for hydroxylation is 2. The zero-order chi connectivity index (χ0) is 14.5. The maximum absolute atomic E-state index is 6.42. The third kappa shape index (κ3) is 3.37. The van der Waals surface area contributed by atoms with Crippen LogP contribution in [0.4, 0.5) is 0 Å². The minimum atomic E-state index is 0.131. The molecule has 0 aromatic carbocycles. The second-order valence-corrected chi connectivity index (χ2v) is 5.66. The quantitative estimate of drug-likeness (QED) is 0.854. The normalized spacial score (nSPS) is 12.8. The van der Waals surface area contributed by atoms with Crippen LogP contribution in [0.5, 0.6) is 0 Å². The Kier molecular flexibility index (Phi) is 5.51. The molecular formula is C13H20ClN5S. The lowest BCUT2D eigenvalue weighted by Gasteiger charge is -2.16. The number of hydrogen-bond acceptors (Lipinski definition) is 5. The lowest BCUT2D eigenvalue weighted by Crippen LogP contribution is -2.25. The van der Waals surface area contributed by atoms with Gasteiger partial charge in [0, 0.05) is 13.5 Å². The molecule has 0 aliphatic rings. The molecule has 0 saturated carbocycles. The first-order valence-electron chi connectivity index (χ1n) is 6.88. The molecule has 2 aromatic heterocycles. The molecule has 0 bridgehead atoms. The Morgan fingerprint density at radius 3 is 2.80 bits per heavy atom. The average molecular weight is 314 g/mol. The van der Waals surface area contributed by atoms with Crippen molar-refractivity contribution < 1.29 is 0 Å².